The lowest BCUT2D eigenvalue weighted by Crippen LogP contribution is -2.60. The summed E-state index contributed by atoms with van der Waals surface area (Å²) in [4.78, 5) is 13.1. The average Bonchev–Trinajstić information content (AvgIpc) is 3.31. The smallest absolute Gasteiger partial charge is 0.249 e. The molecule has 1 heterocycles. The molecule has 65 heavy (non-hydrogen) atoms. The van der Waals surface area contributed by atoms with Crippen molar-refractivity contribution in [2.75, 3.05) is 13.2 Å². The molecule has 1 saturated heterocycles. The minimum Gasteiger partial charge on any atom is -0.394 e. The summed E-state index contributed by atoms with van der Waals surface area (Å²) in [5, 5.41) is 64.9. The Bertz CT molecular complexity index is 1090. The normalized spacial score (nSPS) is 20.5. The van der Waals surface area contributed by atoms with Crippen LogP contribution in [0.3, 0.4) is 0 Å². The molecule has 7 N–H and O–H groups in total. The number of rotatable bonds is 47. The van der Waals surface area contributed by atoms with Crippen LogP contribution >= 0.6 is 0 Å². The van der Waals surface area contributed by atoms with Crippen LogP contribution in [0.25, 0.3) is 0 Å². The summed E-state index contributed by atoms with van der Waals surface area (Å²) in [5.41, 5.74) is 0. The van der Waals surface area contributed by atoms with Crippen molar-refractivity contribution < 1.29 is 44.9 Å². The standard InChI is InChI=1S/C55H105NO9/c1-3-5-7-9-11-13-15-17-19-21-22-23-24-25-26-27-28-30-32-34-36-38-40-42-44-49(59)54(63)56-47(46-64-55-53(62)52(61)51(60)50(45-57)65-55)48(58)43-41-39-37-35-33-31-29-20-18-16-14-12-10-8-6-4-2/h33,35,41,43,47-53,55,57-62H,3-32,34,36-40,42,44-46H2,1-2H3,(H,56,63)/b35-33+,43-41+. The van der Waals surface area contributed by atoms with Gasteiger partial charge >= 0.3 is 0 Å². The van der Waals surface area contributed by atoms with Crippen LogP contribution < -0.4 is 5.32 Å². The van der Waals surface area contributed by atoms with Crippen LogP contribution in [0, 0.1) is 0 Å². The van der Waals surface area contributed by atoms with Crippen molar-refractivity contribution in [3.63, 3.8) is 0 Å². The van der Waals surface area contributed by atoms with Crippen molar-refractivity contribution in [2.24, 2.45) is 0 Å². The molecular weight excluding hydrogens is 819 g/mol. The number of hydrogen-bond acceptors (Lipinski definition) is 9. The molecule has 8 atom stereocenters. The molecule has 8 unspecified atom stereocenters. The van der Waals surface area contributed by atoms with E-state index in [-0.39, 0.29) is 6.61 Å². The number of nitrogens with one attached hydrogen (secondary N) is 1. The summed E-state index contributed by atoms with van der Waals surface area (Å²) in [6.07, 6.45) is 45.7. The quantitative estimate of drug-likeness (QED) is 0.0232. The zero-order valence-electron chi connectivity index (χ0n) is 42.1. The van der Waals surface area contributed by atoms with Crippen LogP contribution in [0.15, 0.2) is 24.3 Å². The van der Waals surface area contributed by atoms with E-state index in [0.717, 1.165) is 38.5 Å². The second kappa shape index (κ2) is 45.1. The molecule has 1 aliphatic heterocycles. The maximum atomic E-state index is 13.1. The van der Waals surface area contributed by atoms with Gasteiger partial charge in [-0.25, -0.2) is 0 Å². The van der Waals surface area contributed by atoms with Gasteiger partial charge in [-0.15, -0.1) is 0 Å². The molecule has 10 nitrogen and oxygen atoms in total. The Hall–Kier alpha value is -1.37. The fourth-order valence-electron chi connectivity index (χ4n) is 8.89. The molecule has 0 saturated carbocycles. The molecule has 0 aromatic carbocycles. The van der Waals surface area contributed by atoms with Crippen molar-refractivity contribution in [3.8, 4) is 0 Å². The summed E-state index contributed by atoms with van der Waals surface area (Å²) in [6, 6.07) is -0.994. The minimum atomic E-state index is -1.61. The van der Waals surface area contributed by atoms with Gasteiger partial charge in [0, 0.05) is 0 Å². The first-order chi connectivity index (χ1) is 31.8. The van der Waals surface area contributed by atoms with E-state index in [2.05, 4.69) is 31.3 Å². The lowest BCUT2D eigenvalue weighted by Gasteiger charge is -2.40. The third-order valence-corrected chi connectivity index (χ3v) is 13.4. The number of ether oxygens (including phenoxy) is 2. The number of carbonyl (C=O) groups is 1. The highest BCUT2D eigenvalue weighted by atomic mass is 16.7. The first-order valence-corrected chi connectivity index (χ1v) is 27.7. The highest BCUT2D eigenvalue weighted by molar-refractivity contribution is 5.80. The van der Waals surface area contributed by atoms with Crippen molar-refractivity contribution in [3.05, 3.63) is 24.3 Å². The van der Waals surface area contributed by atoms with Crippen LogP contribution in [-0.4, -0.2) is 98.7 Å². The predicted octanol–water partition coefficient (Wildman–Crippen LogP) is 12.0. The Balaban J connectivity index is 2.28. The molecule has 384 valence electrons. The first kappa shape index (κ1) is 61.6. The van der Waals surface area contributed by atoms with Crippen LogP contribution in [-0.2, 0) is 14.3 Å². The Morgan fingerprint density at radius 1 is 0.523 bits per heavy atom. The van der Waals surface area contributed by atoms with Gasteiger partial charge in [0.05, 0.1) is 25.4 Å². The zero-order chi connectivity index (χ0) is 47.4. The number of allylic oxidation sites excluding steroid dienone is 3. The maximum Gasteiger partial charge on any atom is 0.249 e. The van der Waals surface area contributed by atoms with Crippen LogP contribution in [0.2, 0.25) is 0 Å². The molecule has 0 radical (unpaired) electrons. The minimum absolute atomic E-state index is 0.308. The average molecular weight is 924 g/mol. The van der Waals surface area contributed by atoms with E-state index in [4.69, 9.17) is 9.47 Å². The van der Waals surface area contributed by atoms with Crippen molar-refractivity contribution in [2.45, 2.75) is 307 Å². The summed E-state index contributed by atoms with van der Waals surface area (Å²) in [5.74, 6) is -0.621. The second-order valence-corrected chi connectivity index (χ2v) is 19.5. The van der Waals surface area contributed by atoms with E-state index in [1.54, 1.807) is 6.08 Å². The van der Waals surface area contributed by atoms with Crippen molar-refractivity contribution in [1.82, 2.24) is 5.32 Å². The van der Waals surface area contributed by atoms with Gasteiger partial charge in [0.15, 0.2) is 6.29 Å². The van der Waals surface area contributed by atoms with E-state index in [1.807, 2.05) is 6.08 Å². The maximum absolute atomic E-state index is 13.1. The summed E-state index contributed by atoms with van der Waals surface area (Å²) >= 11 is 0. The number of amides is 1. The van der Waals surface area contributed by atoms with E-state index in [1.165, 1.54) is 193 Å². The molecule has 1 aliphatic rings. The zero-order valence-corrected chi connectivity index (χ0v) is 42.1. The first-order valence-electron chi connectivity index (χ1n) is 27.7. The Morgan fingerprint density at radius 2 is 0.908 bits per heavy atom. The van der Waals surface area contributed by atoms with Gasteiger partial charge in [0.1, 0.15) is 30.5 Å². The number of unbranched alkanes of at least 4 members (excludes halogenated alkanes) is 34. The molecular formula is C55H105NO9. The highest BCUT2D eigenvalue weighted by Gasteiger charge is 2.44. The molecule has 0 spiro atoms. The number of aliphatic hydroxyl groups excluding tert-OH is 6. The third-order valence-electron chi connectivity index (χ3n) is 13.4. The van der Waals surface area contributed by atoms with Gasteiger partial charge in [-0.2, -0.15) is 0 Å². The Morgan fingerprint density at radius 3 is 1.34 bits per heavy atom. The van der Waals surface area contributed by atoms with Crippen LogP contribution in [0.5, 0.6) is 0 Å². The van der Waals surface area contributed by atoms with Crippen LogP contribution in [0.1, 0.15) is 258 Å². The molecule has 0 aromatic heterocycles. The summed E-state index contributed by atoms with van der Waals surface area (Å²) in [7, 11) is 0. The molecule has 10 heteroatoms. The summed E-state index contributed by atoms with van der Waals surface area (Å²) < 4.78 is 11.2. The monoisotopic (exact) mass is 924 g/mol. The van der Waals surface area contributed by atoms with Gasteiger partial charge < -0.3 is 45.4 Å². The van der Waals surface area contributed by atoms with Gasteiger partial charge in [-0.3, -0.25) is 4.79 Å². The predicted molar refractivity (Wildman–Crippen MR) is 269 cm³/mol. The number of aliphatic hydroxyl groups is 6. The van der Waals surface area contributed by atoms with E-state index in [9.17, 15) is 35.4 Å². The molecule has 1 rings (SSSR count). The molecule has 0 aromatic rings. The van der Waals surface area contributed by atoms with Gasteiger partial charge in [0.2, 0.25) is 5.91 Å². The topological polar surface area (TPSA) is 169 Å². The molecule has 0 bridgehead atoms. The number of carbonyl (C=O) groups excluding carboxylic acids is 1. The lowest BCUT2D eigenvalue weighted by atomic mass is 9.99. The van der Waals surface area contributed by atoms with Crippen LogP contribution in [0.4, 0.5) is 0 Å². The van der Waals surface area contributed by atoms with E-state index < -0.39 is 61.5 Å². The van der Waals surface area contributed by atoms with Gasteiger partial charge in [0.25, 0.3) is 0 Å². The third kappa shape index (κ3) is 34.6. The number of hydrogen-bond donors (Lipinski definition) is 7. The van der Waals surface area contributed by atoms with E-state index in [0.29, 0.717) is 12.8 Å². The van der Waals surface area contributed by atoms with Crippen molar-refractivity contribution >= 4 is 5.91 Å². The van der Waals surface area contributed by atoms with E-state index >= 15 is 0 Å². The highest BCUT2D eigenvalue weighted by Crippen LogP contribution is 2.23. The van der Waals surface area contributed by atoms with Crippen molar-refractivity contribution in [1.29, 1.82) is 0 Å². The molecule has 1 fully saturated rings. The second-order valence-electron chi connectivity index (χ2n) is 19.5. The van der Waals surface area contributed by atoms with Gasteiger partial charge in [-0.05, 0) is 32.1 Å². The fourth-order valence-corrected chi connectivity index (χ4v) is 8.89. The SMILES string of the molecule is CCCCCCCCCCCC/C=C/CC/C=C/C(O)C(COC1OC(CO)C(O)C(O)C1O)NC(=O)C(O)CCCCCCCCCCCCCCCCCCCCCCCCCC. The largest absolute Gasteiger partial charge is 0.394 e. The molecule has 1 amide bonds. The molecule has 0 aliphatic carbocycles. The fraction of sp³-hybridized carbons (Fsp3) is 0.909. The Kier molecular flexibility index (Phi) is 42.8. The Labute approximate surface area is 399 Å². The lowest BCUT2D eigenvalue weighted by molar-refractivity contribution is -0.302. The van der Waals surface area contributed by atoms with Gasteiger partial charge in [-0.1, -0.05) is 250 Å². The summed E-state index contributed by atoms with van der Waals surface area (Å²) in [6.45, 7) is 3.62.